The Kier molecular flexibility index (Phi) is 3.17. The number of carboxylic acids is 1. The normalized spacial score (nSPS) is 11.1. The van der Waals surface area contributed by atoms with Gasteiger partial charge in [0.15, 0.2) is 0 Å². The summed E-state index contributed by atoms with van der Waals surface area (Å²) in [7, 11) is 1.91. The average Bonchev–Trinajstić information content (AvgIpc) is 2.98. The van der Waals surface area contributed by atoms with Gasteiger partial charge in [-0.3, -0.25) is 0 Å². The Morgan fingerprint density at radius 3 is 2.86 bits per heavy atom. The number of aromatic carboxylic acids is 1. The molecule has 21 heavy (non-hydrogen) atoms. The van der Waals surface area contributed by atoms with Crippen molar-refractivity contribution in [1.29, 1.82) is 0 Å². The van der Waals surface area contributed by atoms with Gasteiger partial charge in [0.05, 0.1) is 16.6 Å². The quantitative estimate of drug-likeness (QED) is 0.783. The monoisotopic (exact) mass is 285 g/mol. The van der Waals surface area contributed by atoms with E-state index < -0.39 is 5.97 Å². The van der Waals surface area contributed by atoms with Crippen LogP contribution in [-0.4, -0.2) is 35.4 Å². The van der Waals surface area contributed by atoms with Crippen LogP contribution in [0.15, 0.2) is 24.5 Å². The minimum Gasteiger partial charge on any atom is -0.478 e. The zero-order valence-corrected chi connectivity index (χ0v) is 11.8. The molecule has 0 fully saturated rings. The summed E-state index contributed by atoms with van der Waals surface area (Å²) in [5, 5.41) is 17.0. The van der Waals surface area contributed by atoms with Crippen molar-refractivity contribution in [2.24, 2.45) is 7.05 Å². The molecule has 0 unspecified atom stereocenters. The molecule has 0 atom stereocenters. The number of aryl methyl sites for hydroxylation is 4. The first-order valence-electron chi connectivity index (χ1n) is 6.59. The molecule has 0 spiro atoms. The second-order valence-corrected chi connectivity index (χ2v) is 4.93. The van der Waals surface area contributed by atoms with E-state index in [1.165, 1.54) is 0 Å². The molecule has 0 amide bonds. The Bertz CT molecular complexity index is 818. The number of rotatable bonds is 4. The highest BCUT2D eigenvalue weighted by atomic mass is 16.4. The molecule has 1 aromatic carbocycles. The van der Waals surface area contributed by atoms with Crippen molar-refractivity contribution in [3.8, 4) is 0 Å². The number of aromatic nitrogens is 5. The Hall–Kier alpha value is -2.70. The molecular weight excluding hydrogens is 270 g/mol. The molecule has 7 nitrogen and oxygen atoms in total. The fraction of sp³-hybridized carbons (Fsp3) is 0.286. The van der Waals surface area contributed by atoms with Gasteiger partial charge in [0.1, 0.15) is 18.0 Å². The molecule has 0 saturated carbocycles. The first-order chi connectivity index (χ1) is 10.1. The van der Waals surface area contributed by atoms with Crippen LogP contribution in [0.25, 0.3) is 11.0 Å². The predicted molar refractivity (Wildman–Crippen MR) is 76.1 cm³/mol. The highest BCUT2D eigenvalue weighted by Crippen LogP contribution is 2.18. The number of carbonyl (C=O) groups is 1. The molecule has 0 bridgehead atoms. The number of hydrogen-bond acceptors (Lipinski definition) is 4. The Morgan fingerprint density at radius 1 is 1.38 bits per heavy atom. The summed E-state index contributed by atoms with van der Waals surface area (Å²) in [6.07, 6.45) is 2.41. The molecule has 0 aliphatic rings. The molecule has 0 aliphatic carbocycles. The Labute approximate surface area is 120 Å². The van der Waals surface area contributed by atoms with Crippen LogP contribution < -0.4 is 0 Å². The van der Waals surface area contributed by atoms with E-state index in [1.807, 2.05) is 18.5 Å². The molecule has 0 aliphatic heterocycles. The average molecular weight is 285 g/mol. The van der Waals surface area contributed by atoms with E-state index in [-0.39, 0.29) is 5.56 Å². The van der Waals surface area contributed by atoms with Gasteiger partial charge in [-0.25, -0.2) is 9.78 Å². The molecule has 2 heterocycles. The number of hydrogen-bond donors (Lipinski definition) is 1. The van der Waals surface area contributed by atoms with Crippen molar-refractivity contribution in [2.45, 2.75) is 19.9 Å². The number of imidazole rings is 1. The maximum atomic E-state index is 11.0. The van der Waals surface area contributed by atoms with Crippen molar-refractivity contribution in [1.82, 2.24) is 24.3 Å². The van der Waals surface area contributed by atoms with E-state index >= 15 is 0 Å². The molecular formula is C14H15N5O2. The smallest absolute Gasteiger partial charge is 0.335 e. The Morgan fingerprint density at radius 2 is 2.19 bits per heavy atom. The van der Waals surface area contributed by atoms with E-state index in [1.54, 1.807) is 24.5 Å². The van der Waals surface area contributed by atoms with Gasteiger partial charge in [0.25, 0.3) is 0 Å². The van der Waals surface area contributed by atoms with Gasteiger partial charge in [0, 0.05) is 20.0 Å². The zero-order valence-electron chi connectivity index (χ0n) is 11.8. The number of carboxylic acid groups (broad SMARTS) is 1. The number of fused-ring (bicyclic) bond motifs is 1. The molecule has 3 rings (SSSR count). The minimum atomic E-state index is -0.941. The van der Waals surface area contributed by atoms with Crippen LogP contribution in [0.2, 0.25) is 0 Å². The summed E-state index contributed by atoms with van der Waals surface area (Å²) in [4.78, 5) is 15.4. The lowest BCUT2D eigenvalue weighted by atomic mass is 10.2. The van der Waals surface area contributed by atoms with Gasteiger partial charge in [-0.15, -0.1) is 10.2 Å². The lowest BCUT2D eigenvalue weighted by molar-refractivity contribution is 0.0697. The van der Waals surface area contributed by atoms with Crippen LogP contribution in [0, 0.1) is 6.92 Å². The van der Waals surface area contributed by atoms with Gasteiger partial charge in [-0.05, 0) is 25.1 Å². The molecule has 0 saturated heterocycles. The number of nitrogens with zero attached hydrogens (tertiary/aromatic N) is 5. The maximum Gasteiger partial charge on any atom is 0.335 e. The highest BCUT2D eigenvalue weighted by Gasteiger charge is 2.11. The van der Waals surface area contributed by atoms with Gasteiger partial charge in [-0.2, -0.15) is 0 Å². The minimum absolute atomic E-state index is 0.250. The second-order valence-electron chi connectivity index (χ2n) is 4.93. The maximum absolute atomic E-state index is 11.0. The standard InChI is InChI=1S/C14H15N5O2/c1-9-16-11-7-10(14(20)21)3-4-12(11)19(9)6-5-13-17-15-8-18(13)2/h3-4,7-8H,5-6H2,1-2H3,(H,20,21). The van der Waals surface area contributed by atoms with Crippen molar-refractivity contribution in [2.75, 3.05) is 0 Å². The van der Waals surface area contributed by atoms with Gasteiger partial charge in [-0.1, -0.05) is 0 Å². The topological polar surface area (TPSA) is 85.8 Å². The number of benzene rings is 1. The Balaban J connectivity index is 1.93. The molecule has 2 aromatic heterocycles. The fourth-order valence-corrected chi connectivity index (χ4v) is 2.41. The van der Waals surface area contributed by atoms with Crippen LogP contribution >= 0.6 is 0 Å². The molecule has 108 valence electrons. The summed E-state index contributed by atoms with van der Waals surface area (Å²) in [5.41, 5.74) is 1.88. The van der Waals surface area contributed by atoms with Crippen LogP contribution in [0.4, 0.5) is 0 Å². The van der Waals surface area contributed by atoms with Crippen LogP contribution in [0.1, 0.15) is 22.0 Å². The van der Waals surface area contributed by atoms with Crippen LogP contribution in [-0.2, 0) is 20.0 Å². The largest absolute Gasteiger partial charge is 0.478 e. The van der Waals surface area contributed by atoms with Crippen molar-refractivity contribution in [3.63, 3.8) is 0 Å². The highest BCUT2D eigenvalue weighted by molar-refractivity contribution is 5.92. The van der Waals surface area contributed by atoms with E-state index in [0.29, 0.717) is 5.52 Å². The van der Waals surface area contributed by atoms with Gasteiger partial charge >= 0.3 is 5.97 Å². The lowest BCUT2D eigenvalue weighted by Crippen LogP contribution is -2.07. The third kappa shape index (κ3) is 2.37. The van der Waals surface area contributed by atoms with E-state index in [0.717, 1.165) is 30.1 Å². The lowest BCUT2D eigenvalue weighted by Gasteiger charge is -2.06. The molecule has 7 heteroatoms. The first-order valence-corrected chi connectivity index (χ1v) is 6.59. The second kappa shape index (κ2) is 5.01. The van der Waals surface area contributed by atoms with Gasteiger partial charge < -0.3 is 14.2 Å². The predicted octanol–water partition coefficient (Wildman–Crippen LogP) is 1.41. The van der Waals surface area contributed by atoms with Gasteiger partial charge in [0.2, 0.25) is 0 Å². The summed E-state index contributed by atoms with van der Waals surface area (Å²) < 4.78 is 3.95. The van der Waals surface area contributed by atoms with Crippen molar-refractivity contribution < 1.29 is 9.90 Å². The third-order valence-corrected chi connectivity index (χ3v) is 3.55. The van der Waals surface area contributed by atoms with Crippen LogP contribution in [0.5, 0.6) is 0 Å². The van der Waals surface area contributed by atoms with Crippen molar-refractivity contribution >= 4 is 17.0 Å². The SMILES string of the molecule is Cc1nc2cc(C(=O)O)ccc2n1CCc1nncn1C. The fourth-order valence-electron chi connectivity index (χ4n) is 2.41. The molecule has 0 radical (unpaired) electrons. The summed E-state index contributed by atoms with van der Waals surface area (Å²) in [5.74, 6) is 0.816. The summed E-state index contributed by atoms with van der Waals surface area (Å²) in [6.45, 7) is 2.64. The summed E-state index contributed by atoms with van der Waals surface area (Å²) in [6, 6.07) is 5.00. The van der Waals surface area contributed by atoms with E-state index in [2.05, 4.69) is 19.7 Å². The third-order valence-electron chi connectivity index (χ3n) is 3.55. The van der Waals surface area contributed by atoms with Crippen molar-refractivity contribution in [3.05, 3.63) is 41.7 Å². The van der Waals surface area contributed by atoms with Crippen LogP contribution in [0.3, 0.4) is 0 Å². The zero-order chi connectivity index (χ0) is 15.0. The van der Waals surface area contributed by atoms with E-state index in [9.17, 15) is 4.79 Å². The summed E-state index contributed by atoms with van der Waals surface area (Å²) >= 11 is 0. The van der Waals surface area contributed by atoms with E-state index in [4.69, 9.17) is 5.11 Å². The molecule has 3 aromatic rings. The first kappa shape index (κ1) is 13.3. The molecule has 1 N–H and O–H groups in total.